The molecule has 2 heterocycles. The minimum absolute atomic E-state index is 0.00274. The van der Waals surface area contributed by atoms with Gasteiger partial charge in [0.15, 0.2) is 0 Å². The highest BCUT2D eigenvalue weighted by atomic mass is 16.3. The summed E-state index contributed by atoms with van der Waals surface area (Å²) in [4.78, 5) is 9.86. The number of aromatic hydroxyl groups is 1. The van der Waals surface area contributed by atoms with Gasteiger partial charge in [0.2, 0.25) is 0 Å². The van der Waals surface area contributed by atoms with Crippen molar-refractivity contribution in [1.29, 1.82) is 0 Å². The van der Waals surface area contributed by atoms with Crippen molar-refractivity contribution in [3.63, 3.8) is 0 Å². The summed E-state index contributed by atoms with van der Waals surface area (Å²) in [5.41, 5.74) is -6.77. The van der Waals surface area contributed by atoms with E-state index in [0.29, 0.717) is 45.1 Å². The summed E-state index contributed by atoms with van der Waals surface area (Å²) in [5.74, 6) is -2.20. The molecule has 0 unspecified atom stereocenters. The maximum Gasteiger partial charge on any atom is 0.149 e. The largest absolute Gasteiger partial charge is 0.507 e. The van der Waals surface area contributed by atoms with Crippen LogP contribution in [0.1, 0.15) is 149 Å². The van der Waals surface area contributed by atoms with Crippen LogP contribution in [0.25, 0.3) is 83.9 Å². The molecule has 4 nitrogen and oxygen atoms in total. The molecule has 0 bridgehead atoms. The first-order valence-electron chi connectivity index (χ1n) is 34.9. The zero-order valence-electron chi connectivity index (χ0n) is 63.8. The van der Waals surface area contributed by atoms with Crippen LogP contribution in [0, 0.1) is 13.7 Å². The Kier molecular flexibility index (Phi) is 6.79. The smallest absolute Gasteiger partial charge is 0.149 e. The van der Waals surface area contributed by atoms with Crippen molar-refractivity contribution in [3.05, 3.63) is 191 Å². The standard InChI is InChI=1S/C66H69N3O/c1-41-26-28-43(29-27-41)45-32-33-67-56(38-45)48-35-47(36-49(37-48)63(3,4)5)52-23-19-25-58-60(52)68-62(53-39-50(64(6,7)8)40-55(61(53)70)66(12,13)14)69(58)57-31-30-46(34-42(57)2)59-51(44-20-16-15-17-21-44)22-18-24-54(59)65(9,10)11/h15-40,70H,1-14H3/i1D3,2D3,6D3,7D3,8D3,12D3,13D3,14D3. The minimum Gasteiger partial charge on any atom is -0.507 e. The fraction of sp³-hybridized carbons (Fsp3) is 0.273. The van der Waals surface area contributed by atoms with Crippen molar-refractivity contribution < 1.29 is 38.0 Å². The first kappa shape index (κ1) is 26.8. The first-order valence-corrected chi connectivity index (χ1v) is 22.9. The molecule has 4 heteroatoms. The van der Waals surface area contributed by atoms with E-state index < -0.39 is 110 Å². The molecule has 1 N–H and O–H groups in total. The lowest BCUT2D eigenvalue weighted by atomic mass is 9.78. The lowest BCUT2D eigenvalue weighted by molar-refractivity contribution is 0.446. The Morgan fingerprint density at radius 3 is 1.89 bits per heavy atom. The lowest BCUT2D eigenvalue weighted by Crippen LogP contribution is -2.17. The normalized spacial score (nSPS) is 19.0. The van der Waals surface area contributed by atoms with Crippen LogP contribution in [0.5, 0.6) is 5.75 Å². The summed E-state index contributed by atoms with van der Waals surface area (Å²) in [7, 11) is 0. The fourth-order valence-electron chi connectivity index (χ4n) is 9.09. The van der Waals surface area contributed by atoms with Gasteiger partial charge in [-0.25, -0.2) is 4.98 Å². The van der Waals surface area contributed by atoms with E-state index in [2.05, 4.69) is 0 Å². The van der Waals surface area contributed by atoms with Crippen LogP contribution in [-0.2, 0) is 21.7 Å². The first-order chi connectivity index (χ1) is 42.9. The van der Waals surface area contributed by atoms with Gasteiger partial charge in [0.1, 0.15) is 11.6 Å². The molecule has 70 heavy (non-hydrogen) atoms. The quantitative estimate of drug-likeness (QED) is 0.173. The van der Waals surface area contributed by atoms with Crippen LogP contribution in [0.2, 0.25) is 0 Å². The summed E-state index contributed by atoms with van der Waals surface area (Å²) in [6.45, 7) is -18.8. The van der Waals surface area contributed by atoms with E-state index in [9.17, 15) is 9.22 Å². The van der Waals surface area contributed by atoms with Crippen molar-refractivity contribution >= 4 is 11.0 Å². The number of phenolic OH excluding ortho intramolecular Hbond substituents is 1. The van der Waals surface area contributed by atoms with E-state index in [4.69, 9.17) is 38.8 Å². The van der Waals surface area contributed by atoms with Gasteiger partial charge in [0.05, 0.1) is 28.0 Å². The molecule has 0 aliphatic carbocycles. The minimum atomic E-state index is -4.27. The molecular formula is C66H69N3O. The highest BCUT2D eigenvalue weighted by Gasteiger charge is 2.30. The summed E-state index contributed by atoms with van der Waals surface area (Å²) < 4.78 is 212. The number of imidazole rings is 1. The van der Waals surface area contributed by atoms with Gasteiger partial charge in [-0.05, 0) is 145 Å². The van der Waals surface area contributed by atoms with Gasteiger partial charge in [-0.15, -0.1) is 0 Å². The molecule has 0 radical (unpaired) electrons. The molecule has 354 valence electrons. The van der Waals surface area contributed by atoms with E-state index in [1.54, 1.807) is 48.7 Å². The van der Waals surface area contributed by atoms with Crippen LogP contribution >= 0.6 is 0 Å². The molecule has 0 saturated carbocycles. The monoisotopic (exact) mass is 944 g/mol. The third-order valence-electron chi connectivity index (χ3n) is 12.7. The van der Waals surface area contributed by atoms with Gasteiger partial charge >= 0.3 is 0 Å². The van der Waals surface area contributed by atoms with Crippen molar-refractivity contribution in [2.24, 2.45) is 0 Å². The van der Waals surface area contributed by atoms with Crippen molar-refractivity contribution in [2.75, 3.05) is 0 Å². The summed E-state index contributed by atoms with van der Waals surface area (Å²) in [5, 5.41) is 13.2. The topological polar surface area (TPSA) is 50.9 Å². The van der Waals surface area contributed by atoms with Crippen LogP contribution < -0.4 is 0 Å². The molecule has 9 aromatic rings. The molecule has 0 spiro atoms. The number of aryl methyl sites for hydroxylation is 2. The van der Waals surface area contributed by atoms with E-state index in [0.717, 1.165) is 22.3 Å². The molecule has 0 fully saturated rings. The van der Waals surface area contributed by atoms with Crippen molar-refractivity contribution in [3.8, 4) is 78.6 Å². The molecule has 2 aromatic heterocycles. The van der Waals surface area contributed by atoms with Crippen LogP contribution in [0.3, 0.4) is 0 Å². The number of hydrogen-bond acceptors (Lipinski definition) is 3. The van der Waals surface area contributed by atoms with Gasteiger partial charge in [-0.2, -0.15) is 0 Å². The van der Waals surface area contributed by atoms with E-state index in [-0.39, 0.29) is 33.9 Å². The predicted molar refractivity (Wildman–Crippen MR) is 297 cm³/mol. The number of rotatable bonds is 7. The number of aromatic nitrogens is 3. The third-order valence-corrected chi connectivity index (χ3v) is 12.7. The maximum atomic E-state index is 13.2. The number of phenols is 1. The van der Waals surface area contributed by atoms with Gasteiger partial charge in [-0.3, -0.25) is 9.55 Å². The summed E-state index contributed by atoms with van der Waals surface area (Å²) in [6.07, 6.45) is 1.59. The van der Waals surface area contributed by atoms with Gasteiger partial charge < -0.3 is 5.11 Å². The molecule has 0 saturated heterocycles. The zero-order valence-corrected chi connectivity index (χ0v) is 39.8. The van der Waals surface area contributed by atoms with Crippen LogP contribution in [-0.4, -0.2) is 19.6 Å². The number of benzene rings is 7. The molecule has 9 rings (SSSR count). The zero-order chi connectivity index (χ0) is 70.1. The average Bonchev–Trinajstić information content (AvgIpc) is 0.822. The number of pyridine rings is 1. The van der Waals surface area contributed by atoms with Crippen LogP contribution in [0.15, 0.2) is 158 Å². The number of fused-ring (bicyclic) bond motifs is 1. The van der Waals surface area contributed by atoms with E-state index in [1.165, 1.54) is 34.9 Å². The summed E-state index contributed by atoms with van der Waals surface area (Å²) >= 11 is 0. The third kappa shape index (κ3) is 9.25. The Balaban J connectivity index is 1.49. The highest BCUT2D eigenvalue weighted by molar-refractivity contribution is 5.97. The Labute approximate surface area is 450 Å². The molecule has 0 atom stereocenters. The number of para-hydroxylation sites is 1. The van der Waals surface area contributed by atoms with Crippen molar-refractivity contribution in [2.45, 2.75) is 118 Å². The Hall–Kier alpha value is -7.04. The molecule has 0 aliphatic heterocycles. The van der Waals surface area contributed by atoms with Gasteiger partial charge in [0, 0.05) is 55.8 Å². The Morgan fingerprint density at radius 2 is 1.19 bits per heavy atom. The highest BCUT2D eigenvalue weighted by Crippen LogP contribution is 2.47. The number of nitrogens with zero attached hydrogens (tertiary/aromatic N) is 3. The van der Waals surface area contributed by atoms with E-state index in [1.807, 2.05) is 108 Å². The molecule has 0 amide bonds. The fourth-order valence-corrected chi connectivity index (χ4v) is 9.09. The maximum absolute atomic E-state index is 13.2. The average molecular weight is 944 g/mol. The number of hydrogen-bond donors (Lipinski definition) is 1. The van der Waals surface area contributed by atoms with Gasteiger partial charge in [0.25, 0.3) is 0 Å². The second-order valence-corrected chi connectivity index (χ2v) is 20.0. The van der Waals surface area contributed by atoms with Crippen molar-refractivity contribution in [1.82, 2.24) is 14.5 Å². The second kappa shape index (κ2) is 17.7. The second-order valence-electron chi connectivity index (χ2n) is 20.0. The summed E-state index contributed by atoms with van der Waals surface area (Å²) in [6, 6.07) is 40.7. The van der Waals surface area contributed by atoms with E-state index >= 15 is 0 Å². The Bertz CT molecular complexity index is 4260. The predicted octanol–water partition coefficient (Wildman–Crippen LogP) is 17.9. The van der Waals surface area contributed by atoms with Crippen LogP contribution in [0.4, 0.5) is 0 Å². The van der Waals surface area contributed by atoms with Gasteiger partial charge in [-0.1, -0.05) is 191 Å². The molecule has 7 aromatic carbocycles. The SMILES string of the molecule is [2H]C([2H])([2H])c1ccc(-c2ccnc(-c3cc(-c4cccc5c4nc(-c4cc(C(C([2H])([2H])[2H])(C([2H])([2H])[2H])C([2H])([2H])[2H])cc(C(C([2H])([2H])[2H])(C([2H])([2H])[2H])C([2H])([2H])[2H])c4O)n5-c4ccc(-c5c(-c6ccccc6)cccc5C(C)(C)C)cc4C([2H])([2H])[2H])cc(C(C)(C)C)c3)c2)cc1. The molecule has 0 aliphatic rings. The molecular weight excluding hydrogens is 851 g/mol. The lowest BCUT2D eigenvalue weighted by Gasteiger charge is -2.28. The Morgan fingerprint density at radius 1 is 0.486 bits per heavy atom.